The molecule has 0 saturated carbocycles. The molecule has 2 aliphatic heterocycles. The largest absolute Gasteiger partial charge is 0.448 e. The molecule has 190 valence electrons. The molecule has 0 bridgehead atoms. The molecule has 2 atom stereocenters. The van der Waals surface area contributed by atoms with Gasteiger partial charge in [0.25, 0.3) is 0 Å². The van der Waals surface area contributed by atoms with Crippen LogP contribution in [0.2, 0.25) is 0 Å². The number of nitrogens with two attached hydrogens (primary N) is 1. The zero-order valence-electron chi connectivity index (χ0n) is 18.7. The third-order valence-electron chi connectivity index (χ3n) is 5.52. The predicted molar refractivity (Wildman–Crippen MR) is 124 cm³/mol. The Bertz CT molecular complexity index is 1120. The van der Waals surface area contributed by atoms with Crippen LogP contribution in [0.25, 0.3) is 0 Å². The molecule has 2 aromatic carbocycles. The number of rotatable bonds is 7. The summed E-state index contributed by atoms with van der Waals surface area (Å²) in [5.74, 6) is -1.18. The maximum absolute atomic E-state index is 13.5. The number of carbonyl (C=O) groups is 3. The lowest BCUT2D eigenvalue weighted by molar-refractivity contribution is -0.153. The second kappa shape index (κ2) is 10.6. The van der Waals surface area contributed by atoms with Crippen molar-refractivity contribution in [3.63, 3.8) is 0 Å². The Morgan fingerprint density at radius 3 is 2.22 bits per heavy atom. The lowest BCUT2D eigenvalue weighted by Crippen LogP contribution is -2.68. The molecule has 2 aromatic rings. The minimum absolute atomic E-state index is 0.120. The minimum Gasteiger partial charge on any atom is -0.448 e. The third-order valence-corrected chi connectivity index (χ3v) is 6.88. The van der Waals surface area contributed by atoms with Crippen molar-refractivity contribution in [3.05, 3.63) is 83.1 Å². The van der Waals surface area contributed by atoms with Gasteiger partial charge in [0.1, 0.15) is 30.3 Å². The van der Waals surface area contributed by atoms with Crippen LogP contribution < -0.4 is 11.1 Å². The van der Waals surface area contributed by atoms with E-state index in [4.69, 9.17) is 15.2 Å². The highest BCUT2D eigenvalue weighted by atomic mass is 32.2. The number of nitrogens with zero attached hydrogens (tertiary/aromatic N) is 1. The lowest BCUT2D eigenvalue weighted by atomic mass is 10.0. The number of thioether (sulfide) groups is 1. The molecule has 0 radical (unpaired) electrons. The van der Waals surface area contributed by atoms with E-state index in [1.54, 1.807) is 53.8 Å². The van der Waals surface area contributed by atoms with Crippen LogP contribution in [0.15, 0.2) is 71.9 Å². The number of halogens is 3. The van der Waals surface area contributed by atoms with E-state index in [0.29, 0.717) is 11.1 Å². The molecule has 0 unspecified atom stereocenters. The Labute approximate surface area is 208 Å². The van der Waals surface area contributed by atoms with Gasteiger partial charge in [-0.25, -0.2) is 9.59 Å². The molecule has 0 aromatic heterocycles. The highest BCUT2D eigenvalue weighted by Crippen LogP contribution is 2.40. The standard InChI is InChI=1S/C24H22F3N3O5S/c25-24(26,27)13-29-23(33)34-11-16-12-36-21-17(28)20(31)30(21)18(16)22(32)35-19(14-7-3-1-4-8-14)15-9-5-2-6-10-15/h1-10,17,19,21H,11-13,28H2,(H,29,33)/t17-,21-/m1/s1. The maximum Gasteiger partial charge on any atom is 0.407 e. The maximum atomic E-state index is 13.5. The molecule has 12 heteroatoms. The van der Waals surface area contributed by atoms with E-state index in [1.165, 1.54) is 16.7 Å². The molecule has 8 nitrogen and oxygen atoms in total. The molecule has 2 amide bonds. The van der Waals surface area contributed by atoms with Gasteiger partial charge in [0, 0.05) is 11.3 Å². The van der Waals surface area contributed by atoms with Gasteiger partial charge in [-0.2, -0.15) is 13.2 Å². The Hall–Kier alpha value is -3.51. The van der Waals surface area contributed by atoms with Crippen LogP contribution in [0.4, 0.5) is 18.0 Å². The van der Waals surface area contributed by atoms with Gasteiger partial charge >= 0.3 is 18.2 Å². The van der Waals surface area contributed by atoms with E-state index in [2.05, 4.69) is 0 Å². The number of nitrogens with one attached hydrogen (secondary N) is 1. The number of esters is 1. The molecule has 2 heterocycles. The Morgan fingerprint density at radius 2 is 1.67 bits per heavy atom. The summed E-state index contributed by atoms with van der Waals surface area (Å²) in [7, 11) is 0. The van der Waals surface area contributed by atoms with Gasteiger partial charge in [-0.05, 0) is 11.1 Å². The van der Waals surface area contributed by atoms with Crippen LogP contribution in [-0.4, -0.2) is 59.4 Å². The summed E-state index contributed by atoms with van der Waals surface area (Å²) in [4.78, 5) is 39.0. The smallest absolute Gasteiger partial charge is 0.407 e. The second-order valence-electron chi connectivity index (χ2n) is 8.04. The highest BCUT2D eigenvalue weighted by molar-refractivity contribution is 8.00. The van der Waals surface area contributed by atoms with Crippen LogP contribution in [0.5, 0.6) is 0 Å². The summed E-state index contributed by atoms with van der Waals surface area (Å²) in [6.45, 7) is -2.07. The number of benzene rings is 2. The molecule has 1 saturated heterocycles. The van der Waals surface area contributed by atoms with Crippen molar-refractivity contribution in [1.82, 2.24) is 10.2 Å². The predicted octanol–water partition coefficient (Wildman–Crippen LogP) is 3.10. The van der Waals surface area contributed by atoms with Gasteiger partial charge < -0.3 is 20.5 Å². The summed E-state index contributed by atoms with van der Waals surface area (Å²) in [6, 6.07) is 17.2. The Kier molecular flexibility index (Phi) is 7.55. The van der Waals surface area contributed by atoms with Crippen LogP contribution >= 0.6 is 11.8 Å². The number of alkyl halides is 3. The Morgan fingerprint density at radius 1 is 1.08 bits per heavy atom. The van der Waals surface area contributed by atoms with E-state index in [9.17, 15) is 27.6 Å². The van der Waals surface area contributed by atoms with Crippen LogP contribution in [0.3, 0.4) is 0 Å². The normalized spacial score (nSPS) is 19.5. The van der Waals surface area contributed by atoms with Crippen molar-refractivity contribution >= 4 is 29.7 Å². The molecule has 2 aliphatic rings. The highest BCUT2D eigenvalue weighted by Gasteiger charge is 2.52. The minimum atomic E-state index is -4.61. The van der Waals surface area contributed by atoms with Crippen molar-refractivity contribution in [2.75, 3.05) is 18.9 Å². The van der Waals surface area contributed by atoms with Crippen LogP contribution in [0, 0.1) is 0 Å². The summed E-state index contributed by atoms with van der Waals surface area (Å²) in [5.41, 5.74) is 7.37. The van der Waals surface area contributed by atoms with Gasteiger partial charge in [0.05, 0.1) is 0 Å². The fourth-order valence-corrected chi connectivity index (χ4v) is 5.08. The first-order chi connectivity index (χ1) is 17.2. The zero-order valence-corrected chi connectivity index (χ0v) is 19.6. The van der Waals surface area contributed by atoms with Gasteiger partial charge in [-0.1, -0.05) is 60.7 Å². The first-order valence-corrected chi connectivity index (χ1v) is 11.9. The number of fused-ring (bicyclic) bond motifs is 1. The van der Waals surface area contributed by atoms with E-state index in [1.807, 2.05) is 12.1 Å². The zero-order chi connectivity index (χ0) is 25.9. The number of ether oxygens (including phenoxy) is 2. The summed E-state index contributed by atoms with van der Waals surface area (Å²) in [6.07, 6.45) is -6.72. The van der Waals surface area contributed by atoms with Gasteiger partial charge in [-0.15, -0.1) is 11.8 Å². The molecular weight excluding hydrogens is 499 g/mol. The lowest BCUT2D eigenvalue weighted by Gasteiger charge is -2.48. The molecule has 36 heavy (non-hydrogen) atoms. The fourth-order valence-electron chi connectivity index (χ4n) is 3.80. The molecular formula is C24H22F3N3O5S. The summed E-state index contributed by atoms with van der Waals surface area (Å²) >= 11 is 1.26. The monoisotopic (exact) mass is 521 g/mol. The molecule has 3 N–H and O–H groups in total. The van der Waals surface area contributed by atoms with Crippen molar-refractivity contribution in [2.24, 2.45) is 5.73 Å². The van der Waals surface area contributed by atoms with Gasteiger partial charge in [0.2, 0.25) is 5.91 Å². The van der Waals surface area contributed by atoms with E-state index < -0.39 is 54.8 Å². The number of β-lactam (4-membered cyclic amide) rings is 1. The fraction of sp³-hybridized carbons (Fsp3) is 0.292. The van der Waals surface area contributed by atoms with Crippen molar-refractivity contribution in [3.8, 4) is 0 Å². The first kappa shape index (κ1) is 25.6. The average molecular weight is 522 g/mol. The topological polar surface area (TPSA) is 111 Å². The van der Waals surface area contributed by atoms with Gasteiger partial charge in [-0.3, -0.25) is 9.69 Å². The number of hydrogen-bond acceptors (Lipinski definition) is 7. The van der Waals surface area contributed by atoms with E-state index >= 15 is 0 Å². The van der Waals surface area contributed by atoms with Gasteiger partial charge in [0.15, 0.2) is 6.10 Å². The van der Waals surface area contributed by atoms with Crippen molar-refractivity contribution in [1.29, 1.82) is 0 Å². The van der Waals surface area contributed by atoms with Crippen molar-refractivity contribution < 1.29 is 37.0 Å². The van der Waals surface area contributed by atoms with Crippen molar-refractivity contribution in [2.45, 2.75) is 23.7 Å². The van der Waals surface area contributed by atoms with Crippen LogP contribution in [-0.2, 0) is 19.1 Å². The number of hydrogen-bond donors (Lipinski definition) is 2. The first-order valence-electron chi connectivity index (χ1n) is 10.9. The third kappa shape index (κ3) is 5.65. The summed E-state index contributed by atoms with van der Waals surface area (Å²) < 4.78 is 47.9. The number of carbonyl (C=O) groups excluding carboxylic acids is 3. The molecule has 0 spiro atoms. The molecule has 0 aliphatic carbocycles. The number of alkyl carbamates (subject to hydrolysis) is 1. The Balaban J connectivity index is 1.59. The second-order valence-corrected chi connectivity index (χ2v) is 9.14. The van der Waals surface area contributed by atoms with E-state index in [-0.39, 0.29) is 17.0 Å². The SMILES string of the molecule is N[C@@H]1C(=O)N2C(C(=O)OC(c3ccccc3)c3ccccc3)=C(COC(=O)NCC(F)(F)F)CS[C@H]12. The molecule has 4 rings (SSSR count). The number of amides is 2. The van der Waals surface area contributed by atoms with Crippen LogP contribution in [0.1, 0.15) is 17.2 Å². The molecule has 1 fully saturated rings. The van der Waals surface area contributed by atoms with E-state index in [0.717, 1.165) is 0 Å². The summed E-state index contributed by atoms with van der Waals surface area (Å²) in [5, 5.41) is 1.09. The quantitative estimate of drug-likeness (QED) is 0.426. The average Bonchev–Trinajstić information content (AvgIpc) is 2.88.